The average molecular weight is 365 g/mol. The number of fused-ring (bicyclic) bond motifs is 1. The largest absolute Gasteiger partial charge is 0.487 e. The van der Waals surface area contributed by atoms with Gasteiger partial charge < -0.3 is 10.1 Å². The molecule has 0 aliphatic carbocycles. The molecule has 3 heterocycles. The lowest BCUT2D eigenvalue weighted by molar-refractivity contribution is -0.121. The summed E-state index contributed by atoms with van der Waals surface area (Å²) in [5.74, 6) is 1.28. The molecule has 1 amide bonds. The third kappa shape index (κ3) is 3.98. The monoisotopic (exact) mass is 365 g/mol. The van der Waals surface area contributed by atoms with Crippen LogP contribution >= 0.6 is 0 Å². The van der Waals surface area contributed by atoms with E-state index >= 15 is 0 Å². The summed E-state index contributed by atoms with van der Waals surface area (Å²) < 4.78 is 6.53. The molecule has 142 valence electrons. The number of piperidine rings is 1. The Morgan fingerprint density at radius 2 is 2.07 bits per heavy atom. The Labute approximate surface area is 160 Å². The molecule has 1 saturated heterocycles. The molecule has 0 bridgehead atoms. The molecule has 1 aromatic heterocycles. The fraction of sp³-hybridized carbons (Fsp3) is 0.455. The van der Waals surface area contributed by atoms with Crippen LogP contribution in [-0.2, 0) is 11.3 Å². The van der Waals surface area contributed by atoms with Gasteiger partial charge in [0, 0.05) is 51.4 Å². The number of amides is 1. The molecule has 27 heavy (non-hydrogen) atoms. The van der Waals surface area contributed by atoms with Gasteiger partial charge in [0.2, 0.25) is 5.91 Å². The lowest BCUT2D eigenvalue weighted by atomic mass is 9.76. The number of pyridine rings is 1. The first-order valence-corrected chi connectivity index (χ1v) is 9.77. The van der Waals surface area contributed by atoms with Crippen molar-refractivity contribution in [3.63, 3.8) is 0 Å². The lowest BCUT2D eigenvalue weighted by Gasteiger charge is -2.47. The van der Waals surface area contributed by atoms with E-state index in [1.54, 1.807) is 7.05 Å². The van der Waals surface area contributed by atoms with Crippen LogP contribution in [0.3, 0.4) is 0 Å². The number of nitrogens with zero attached hydrogens (tertiary/aromatic N) is 2. The third-order valence-electron chi connectivity index (χ3n) is 5.91. The van der Waals surface area contributed by atoms with Crippen LogP contribution in [0.15, 0.2) is 48.8 Å². The molecule has 5 nitrogen and oxygen atoms in total. The zero-order valence-electron chi connectivity index (χ0n) is 15.9. The summed E-state index contributed by atoms with van der Waals surface area (Å²) in [7, 11) is 1.71. The van der Waals surface area contributed by atoms with Crippen LogP contribution in [-0.4, -0.2) is 41.5 Å². The lowest BCUT2D eigenvalue weighted by Crippen LogP contribution is -2.50. The van der Waals surface area contributed by atoms with E-state index in [9.17, 15) is 4.79 Å². The highest BCUT2D eigenvalue weighted by Gasteiger charge is 2.43. The van der Waals surface area contributed by atoms with E-state index in [4.69, 9.17) is 4.74 Å². The minimum Gasteiger partial charge on any atom is -0.487 e. The summed E-state index contributed by atoms with van der Waals surface area (Å²) in [5, 5.41) is 2.77. The van der Waals surface area contributed by atoms with Gasteiger partial charge in [-0.2, -0.15) is 0 Å². The number of hydrogen-bond acceptors (Lipinski definition) is 4. The van der Waals surface area contributed by atoms with Gasteiger partial charge in [-0.15, -0.1) is 0 Å². The molecule has 2 aromatic rings. The van der Waals surface area contributed by atoms with Gasteiger partial charge in [-0.25, -0.2) is 0 Å². The topological polar surface area (TPSA) is 54.5 Å². The number of carbonyl (C=O) groups is 1. The molecule has 1 unspecified atom stereocenters. The summed E-state index contributed by atoms with van der Waals surface area (Å²) in [5.41, 5.74) is 2.27. The molecule has 1 fully saturated rings. The molecule has 4 rings (SSSR count). The second-order valence-corrected chi connectivity index (χ2v) is 7.74. The molecule has 5 heteroatoms. The average Bonchev–Trinajstić information content (AvgIpc) is 2.70. The normalized spacial score (nSPS) is 21.3. The van der Waals surface area contributed by atoms with E-state index in [-0.39, 0.29) is 17.4 Å². The summed E-state index contributed by atoms with van der Waals surface area (Å²) in [4.78, 5) is 18.7. The maximum Gasteiger partial charge on any atom is 0.220 e. The summed E-state index contributed by atoms with van der Waals surface area (Å²) in [6.45, 7) is 2.94. The SMILES string of the molecule is CNC(=O)CC1CC2(CCN(Cc3cccnc3)CC2)Oc2ccccc21. The van der Waals surface area contributed by atoms with Crippen molar-refractivity contribution in [3.05, 3.63) is 59.9 Å². The van der Waals surface area contributed by atoms with Crippen molar-refractivity contribution >= 4 is 5.91 Å². The van der Waals surface area contributed by atoms with Gasteiger partial charge in [0.25, 0.3) is 0 Å². The van der Waals surface area contributed by atoms with Crippen molar-refractivity contribution in [2.45, 2.75) is 43.7 Å². The third-order valence-corrected chi connectivity index (χ3v) is 5.91. The number of benzene rings is 1. The predicted molar refractivity (Wildman–Crippen MR) is 105 cm³/mol. The van der Waals surface area contributed by atoms with Gasteiger partial charge in [0.15, 0.2) is 0 Å². The van der Waals surface area contributed by atoms with Gasteiger partial charge in [-0.1, -0.05) is 24.3 Å². The van der Waals surface area contributed by atoms with Crippen molar-refractivity contribution in [1.29, 1.82) is 0 Å². The zero-order valence-corrected chi connectivity index (χ0v) is 15.9. The minimum absolute atomic E-state index is 0.0980. The van der Waals surface area contributed by atoms with E-state index in [0.29, 0.717) is 6.42 Å². The number of nitrogens with one attached hydrogen (secondary N) is 1. The van der Waals surface area contributed by atoms with Crippen LogP contribution in [0.5, 0.6) is 5.75 Å². The van der Waals surface area contributed by atoms with Gasteiger partial charge >= 0.3 is 0 Å². The molecular formula is C22H27N3O2. The summed E-state index contributed by atoms with van der Waals surface area (Å²) in [6.07, 6.45) is 7.18. The Bertz CT molecular complexity index is 785. The first-order chi connectivity index (χ1) is 13.2. The van der Waals surface area contributed by atoms with Crippen molar-refractivity contribution in [2.24, 2.45) is 0 Å². The smallest absolute Gasteiger partial charge is 0.220 e. The molecular weight excluding hydrogens is 338 g/mol. The Morgan fingerprint density at radius 3 is 2.81 bits per heavy atom. The van der Waals surface area contributed by atoms with Crippen molar-refractivity contribution in [1.82, 2.24) is 15.2 Å². The minimum atomic E-state index is -0.154. The maximum absolute atomic E-state index is 12.1. The molecule has 1 atom stereocenters. The fourth-order valence-electron chi connectivity index (χ4n) is 4.43. The second-order valence-electron chi connectivity index (χ2n) is 7.74. The summed E-state index contributed by atoms with van der Waals surface area (Å²) in [6, 6.07) is 12.3. The van der Waals surface area contributed by atoms with Crippen LogP contribution in [0.25, 0.3) is 0 Å². The standard InChI is InChI=1S/C22H27N3O2/c1-23-21(26)13-18-14-22(27-20-7-3-2-6-19(18)20)8-11-25(12-9-22)16-17-5-4-10-24-15-17/h2-7,10,15,18H,8-9,11-14,16H2,1H3,(H,23,26). The number of aromatic nitrogens is 1. The highest BCUT2D eigenvalue weighted by molar-refractivity contribution is 5.76. The number of hydrogen-bond donors (Lipinski definition) is 1. The summed E-state index contributed by atoms with van der Waals surface area (Å²) >= 11 is 0. The Hall–Kier alpha value is -2.40. The van der Waals surface area contributed by atoms with Gasteiger partial charge in [0.05, 0.1) is 0 Å². The van der Waals surface area contributed by atoms with Crippen LogP contribution in [0.4, 0.5) is 0 Å². The number of likely N-dealkylation sites (tertiary alicyclic amines) is 1. The van der Waals surface area contributed by atoms with Gasteiger partial charge in [-0.3, -0.25) is 14.7 Å². The Kier molecular flexibility index (Phi) is 5.12. The van der Waals surface area contributed by atoms with Crippen molar-refractivity contribution in [3.8, 4) is 5.75 Å². The molecule has 2 aliphatic rings. The van der Waals surface area contributed by atoms with E-state index < -0.39 is 0 Å². The van der Waals surface area contributed by atoms with E-state index in [1.807, 2.05) is 30.6 Å². The van der Waals surface area contributed by atoms with E-state index in [2.05, 4.69) is 33.4 Å². The first-order valence-electron chi connectivity index (χ1n) is 9.77. The Balaban J connectivity index is 1.47. The maximum atomic E-state index is 12.1. The number of carbonyl (C=O) groups excluding carboxylic acids is 1. The molecule has 0 saturated carbocycles. The fourth-order valence-corrected chi connectivity index (χ4v) is 4.43. The van der Waals surface area contributed by atoms with Crippen molar-refractivity contribution in [2.75, 3.05) is 20.1 Å². The van der Waals surface area contributed by atoms with Gasteiger partial charge in [0.1, 0.15) is 11.4 Å². The zero-order chi connectivity index (χ0) is 18.7. The van der Waals surface area contributed by atoms with Crippen LogP contribution in [0.2, 0.25) is 0 Å². The molecule has 1 aromatic carbocycles. The Morgan fingerprint density at radius 1 is 1.26 bits per heavy atom. The highest BCUT2D eigenvalue weighted by Crippen LogP contribution is 2.46. The highest BCUT2D eigenvalue weighted by atomic mass is 16.5. The number of rotatable bonds is 4. The molecule has 2 aliphatic heterocycles. The van der Waals surface area contributed by atoms with E-state index in [0.717, 1.165) is 44.6 Å². The van der Waals surface area contributed by atoms with Gasteiger partial charge in [-0.05, 0) is 42.5 Å². The number of ether oxygens (including phenoxy) is 1. The van der Waals surface area contributed by atoms with Crippen molar-refractivity contribution < 1.29 is 9.53 Å². The van der Waals surface area contributed by atoms with E-state index in [1.165, 1.54) is 11.1 Å². The molecule has 1 N–H and O–H groups in total. The first kappa shape index (κ1) is 18.0. The predicted octanol–water partition coefficient (Wildman–Crippen LogP) is 3.12. The van der Waals surface area contributed by atoms with Crippen LogP contribution < -0.4 is 10.1 Å². The number of para-hydroxylation sites is 1. The quantitative estimate of drug-likeness (QED) is 0.905. The van der Waals surface area contributed by atoms with Crippen LogP contribution in [0.1, 0.15) is 42.7 Å². The second kappa shape index (κ2) is 7.69. The molecule has 0 radical (unpaired) electrons. The van der Waals surface area contributed by atoms with Crippen LogP contribution in [0, 0.1) is 0 Å². The molecule has 1 spiro atoms.